The molecule has 0 aromatic heterocycles. The number of para-hydroxylation sites is 1. The molecule has 2 aromatic rings. The van der Waals surface area contributed by atoms with Crippen LogP contribution in [0.2, 0.25) is 0 Å². The third kappa shape index (κ3) is 11.2. The number of esters is 1. The van der Waals surface area contributed by atoms with Gasteiger partial charge in [0.15, 0.2) is 6.29 Å². The standard InChI is InChI=1S/C30H38O6/c1-32-29(31)16-10-15-28(36-30-17-5-6-24-35-30)14-9-11-25-18-20-27(21-19-25)34-23-8-7-22-33-26-12-3-2-4-13-26/h2-4,12-13,18-21,28,30H,5-8,10-11,15-17,22-24H2,1H3. The van der Waals surface area contributed by atoms with Crippen LogP contribution >= 0.6 is 0 Å². The SMILES string of the molecule is COC(=O)CCCC(C#CCc1ccc(OCCCCOc2ccccc2)cc1)OC1CCCCO1. The molecule has 0 saturated carbocycles. The molecule has 1 heterocycles. The first-order chi connectivity index (χ1) is 17.7. The van der Waals surface area contributed by atoms with Crippen LogP contribution in [-0.4, -0.2) is 45.3 Å². The minimum absolute atomic E-state index is 0.210. The van der Waals surface area contributed by atoms with Crippen molar-refractivity contribution in [2.45, 2.75) is 70.2 Å². The maximum absolute atomic E-state index is 11.4. The fraction of sp³-hybridized carbons (Fsp3) is 0.500. The molecule has 0 N–H and O–H groups in total. The number of ether oxygens (including phenoxy) is 5. The summed E-state index contributed by atoms with van der Waals surface area (Å²) in [4.78, 5) is 11.4. The number of methoxy groups -OCH3 is 1. The number of carbonyl (C=O) groups is 1. The van der Waals surface area contributed by atoms with Crippen LogP contribution in [0.1, 0.15) is 56.9 Å². The molecule has 0 spiro atoms. The van der Waals surface area contributed by atoms with Gasteiger partial charge in [0.2, 0.25) is 0 Å². The lowest BCUT2D eigenvalue weighted by Gasteiger charge is -2.25. The normalized spacial score (nSPS) is 15.9. The Labute approximate surface area is 215 Å². The van der Waals surface area contributed by atoms with Crippen LogP contribution in [0.3, 0.4) is 0 Å². The fourth-order valence-electron chi connectivity index (χ4n) is 3.78. The predicted molar refractivity (Wildman–Crippen MR) is 139 cm³/mol. The number of carbonyl (C=O) groups excluding carboxylic acids is 1. The first kappa shape index (κ1) is 27.6. The minimum atomic E-state index is -0.258. The molecule has 194 valence electrons. The second-order valence-electron chi connectivity index (χ2n) is 8.75. The quantitative estimate of drug-likeness (QED) is 0.190. The average molecular weight is 495 g/mol. The molecule has 1 saturated heterocycles. The first-order valence-electron chi connectivity index (χ1n) is 12.9. The summed E-state index contributed by atoms with van der Waals surface area (Å²) in [6, 6.07) is 17.9. The van der Waals surface area contributed by atoms with Crippen molar-refractivity contribution >= 4 is 5.97 Å². The molecular formula is C30H38O6. The monoisotopic (exact) mass is 494 g/mol. The van der Waals surface area contributed by atoms with Crippen LogP contribution in [-0.2, 0) is 25.4 Å². The summed E-state index contributed by atoms with van der Waals surface area (Å²) in [6.45, 7) is 2.07. The number of benzene rings is 2. The Bertz CT molecular complexity index is 925. The third-order valence-electron chi connectivity index (χ3n) is 5.83. The molecule has 0 aliphatic carbocycles. The molecule has 36 heavy (non-hydrogen) atoms. The summed E-state index contributed by atoms with van der Waals surface area (Å²) < 4.78 is 28.1. The zero-order valence-corrected chi connectivity index (χ0v) is 21.3. The Balaban J connectivity index is 1.37. The van der Waals surface area contributed by atoms with E-state index in [-0.39, 0.29) is 18.4 Å². The summed E-state index contributed by atoms with van der Waals surface area (Å²) in [5, 5.41) is 0. The molecular weight excluding hydrogens is 456 g/mol. The zero-order chi connectivity index (χ0) is 25.3. The van der Waals surface area contributed by atoms with Crippen molar-refractivity contribution in [3.8, 4) is 23.3 Å². The van der Waals surface area contributed by atoms with Crippen molar-refractivity contribution in [2.75, 3.05) is 26.9 Å². The fourth-order valence-corrected chi connectivity index (χ4v) is 3.78. The summed E-state index contributed by atoms with van der Waals surface area (Å²) >= 11 is 0. The lowest BCUT2D eigenvalue weighted by atomic mass is 10.1. The molecule has 0 radical (unpaired) electrons. The Morgan fingerprint density at radius 3 is 2.36 bits per heavy atom. The van der Waals surface area contributed by atoms with Gasteiger partial charge in [0.25, 0.3) is 0 Å². The van der Waals surface area contributed by atoms with Crippen LogP contribution in [0.15, 0.2) is 54.6 Å². The van der Waals surface area contributed by atoms with Gasteiger partial charge in [0, 0.05) is 19.4 Å². The average Bonchev–Trinajstić information content (AvgIpc) is 2.92. The van der Waals surface area contributed by atoms with Gasteiger partial charge in [-0.25, -0.2) is 0 Å². The van der Waals surface area contributed by atoms with Gasteiger partial charge in [0.05, 0.1) is 20.3 Å². The lowest BCUT2D eigenvalue weighted by molar-refractivity contribution is -0.177. The van der Waals surface area contributed by atoms with Crippen LogP contribution < -0.4 is 9.47 Å². The highest BCUT2D eigenvalue weighted by Crippen LogP contribution is 2.18. The summed E-state index contributed by atoms with van der Waals surface area (Å²) in [5.74, 6) is 8.03. The first-order valence-corrected chi connectivity index (χ1v) is 12.9. The van der Waals surface area contributed by atoms with E-state index in [1.54, 1.807) is 0 Å². The van der Waals surface area contributed by atoms with E-state index in [0.717, 1.165) is 55.8 Å². The third-order valence-corrected chi connectivity index (χ3v) is 5.83. The van der Waals surface area contributed by atoms with Crippen molar-refractivity contribution in [3.63, 3.8) is 0 Å². The van der Waals surface area contributed by atoms with Gasteiger partial charge >= 0.3 is 5.97 Å². The van der Waals surface area contributed by atoms with Crippen LogP contribution in [0.25, 0.3) is 0 Å². The van der Waals surface area contributed by atoms with E-state index in [2.05, 4.69) is 11.8 Å². The summed E-state index contributed by atoms with van der Waals surface area (Å²) in [5.41, 5.74) is 1.12. The Hall–Kier alpha value is -3.01. The van der Waals surface area contributed by atoms with E-state index in [0.29, 0.717) is 38.9 Å². The van der Waals surface area contributed by atoms with Gasteiger partial charge in [-0.15, -0.1) is 0 Å². The predicted octanol–water partition coefficient (Wildman–Crippen LogP) is 5.73. The van der Waals surface area contributed by atoms with Crippen molar-refractivity contribution < 1.29 is 28.5 Å². The Morgan fingerprint density at radius 2 is 1.69 bits per heavy atom. The number of unbranched alkanes of at least 4 members (excludes halogenated alkanes) is 1. The molecule has 2 aromatic carbocycles. The molecule has 6 nitrogen and oxygen atoms in total. The van der Waals surface area contributed by atoms with E-state index >= 15 is 0 Å². The van der Waals surface area contributed by atoms with E-state index in [4.69, 9.17) is 23.7 Å². The lowest BCUT2D eigenvalue weighted by Crippen LogP contribution is -2.27. The second-order valence-corrected chi connectivity index (χ2v) is 8.75. The summed E-state index contributed by atoms with van der Waals surface area (Å²) in [7, 11) is 1.41. The van der Waals surface area contributed by atoms with Gasteiger partial charge in [0.1, 0.15) is 17.6 Å². The largest absolute Gasteiger partial charge is 0.494 e. The van der Waals surface area contributed by atoms with E-state index < -0.39 is 0 Å². The smallest absolute Gasteiger partial charge is 0.305 e. The van der Waals surface area contributed by atoms with Gasteiger partial charge in [-0.05, 0) is 74.8 Å². The molecule has 1 aliphatic rings. The van der Waals surface area contributed by atoms with Crippen LogP contribution in [0.4, 0.5) is 0 Å². The maximum atomic E-state index is 11.4. The van der Waals surface area contributed by atoms with Crippen molar-refractivity contribution in [3.05, 3.63) is 60.2 Å². The van der Waals surface area contributed by atoms with Gasteiger partial charge in [-0.1, -0.05) is 42.2 Å². The highest BCUT2D eigenvalue weighted by Gasteiger charge is 2.19. The number of hydrogen-bond acceptors (Lipinski definition) is 6. The molecule has 2 atom stereocenters. The maximum Gasteiger partial charge on any atom is 0.305 e. The second kappa shape index (κ2) is 16.6. The molecule has 1 fully saturated rings. The Kier molecular flexibility index (Phi) is 12.7. The topological polar surface area (TPSA) is 63.2 Å². The van der Waals surface area contributed by atoms with Crippen LogP contribution in [0, 0.1) is 11.8 Å². The van der Waals surface area contributed by atoms with E-state index in [9.17, 15) is 4.79 Å². The molecule has 3 rings (SSSR count). The zero-order valence-electron chi connectivity index (χ0n) is 21.3. The Morgan fingerprint density at radius 1 is 0.972 bits per heavy atom. The van der Waals surface area contributed by atoms with Crippen molar-refractivity contribution in [2.24, 2.45) is 0 Å². The minimum Gasteiger partial charge on any atom is -0.494 e. The van der Waals surface area contributed by atoms with E-state index in [1.807, 2.05) is 54.6 Å². The molecule has 6 heteroatoms. The van der Waals surface area contributed by atoms with Gasteiger partial charge in [-0.2, -0.15) is 0 Å². The summed E-state index contributed by atoms with van der Waals surface area (Å²) in [6.07, 6.45) is 6.79. The van der Waals surface area contributed by atoms with Crippen molar-refractivity contribution in [1.29, 1.82) is 0 Å². The molecule has 0 bridgehead atoms. The van der Waals surface area contributed by atoms with E-state index in [1.165, 1.54) is 7.11 Å². The number of hydrogen-bond donors (Lipinski definition) is 0. The van der Waals surface area contributed by atoms with Gasteiger partial charge in [-0.3, -0.25) is 4.79 Å². The number of rotatable bonds is 14. The molecule has 0 amide bonds. The van der Waals surface area contributed by atoms with Crippen molar-refractivity contribution in [1.82, 2.24) is 0 Å². The molecule has 1 aliphatic heterocycles. The highest BCUT2D eigenvalue weighted by atomic mass is 16.7. The van der Waals surface area contributed by atoms with Crippen LogP contribution in [0.5, 0.6) is 11.5 Å². The van der Waals surface area contributed by atoms with Gasteiger partial charge < -0.3 is 23.7 Å². The molecule has 2 unspecified atom stereocenters. The highest BCUT2D eigenvalue weighted by molar-refractivity contribution is 5.69.